The number of rotatable bonds is 3. The number of aromatic amines is 1. The third kappa shape index (κ3) is 2.97. The molecular weight excluding hydrogens is 309 g/mol. The van der Waals surface area contributed by atoms with Crippen molar-refractivity contribution in [3.05, 3.63) is 40.7 Å². The van der Waals surface area contributed by atoms with Crippen LogP contribution in [0.15, 0.2) is 18.2 Å². The third-order valence-corrected chi connectivity index (χ3v) is 3.39. The highest BCUT2D eigenvalue weighted by atomic mass is 19.4. The Morgan fingerprint density at radius 3 is 2.22 bits per heavy atom. The lowest BCUT2D eigenvalue weighted by molar-refractivity contribution is -0.142. The molecule has 0 amide bonds. The van der Waals surface area contributed by atoms with Crippen molar-refractivity contribution in [1.82, 2.24) is 10.2 Å². The smallest absolute Gasteiger partial charge is 0.438 e. The minimum absolute atomic E-state index is 0.00519. The van der Waals surface area contributed by atoms with Crippen molar-refractivity contribution in [2.45, 2.75) is 24.9 Å². The highest BCUT2D eigenvalue weighted by Crippen LogP contribution is 2.48. The molecule has 1 aromatic heterocycles. The highest BCUT2D eigenvalue weighted by Gasteiger charge is 2.42. The van der Waals surface area contributed by atoms with Gasteiger partial charge in [-0.25, -0.2) is 0 Å². The maximum absolute atomic E-state index is 13.1. The van der Waals surface area contributed by atoms with Crippen LogP contribution in [0, 0.1) is 22.7 Å². The first kappa shape index (κ1) is 14.9. The summed E-state index contributed by atoms with van der Waals surface area (Å²) in [5.74, 6) is -0.434. The maximum atomic E-state index is 13.1. The predicted molar refractivity (Wildman–Crippen MR) is 71.5 cm³/mol. The van der Waals surface area contributed by atoms with Crippen LogP contribution in [0.5, 0.6) is 11.5 Å². The van der Waals surface area contributed by atoms with E-state index in [-0.39, 0.29) is 34.2 Å². The maximum Gasteiger partial charge on any atom is 0.438 e. The normalized spacial score (nSPS) is 14.1. The van der Waals surface area contributed by atoms with Gasteiger partial charge in [-0.2, -0.15) is 28.8 Å². The topological polar surface area (TPSA) is 85.5 Å². The van der Waals surface area contributed by atoms with E-state index in [4.69, 9.17) is 15.3 Å². The number of H-pyrrole nitrogens is 1. The molecule has 23 heavy (non-hydrogen) atoms. The van der Waals surface area contributed by atoms with Gasteiger partial charge in [-0.05, 0) is 31.0 Å². The SMILES string of the molecule is N#Cc1cc(C#N)cc(Oc2c(C(F)(F)F)n[nH]c2C2CC2)c1. The fraction of sp³-hybridized carbons (Fsp3) is 0.267. The van der Waals surface area contributed by atoms with E-state index in [0.29, 0.717) is 0 Å². The second-order valence-corrected chi connectivity index (χ2v) is 5.16. The predicted octanol–water partition coefficient (Wildman–Crippen LogP) is 3.84. The Morgan fingerprint density at radius 2 is 1.74 bits per heavy atom. The molecule has 0 aliphatic heterocycles. The van der Waals surface area contributed by atoms with Crippen LogP contribution in [0.2, 0.25) is 0 Å². The van der Waals surface area contributed by atoms with Crippen LogP contribution < -0.4 is 4.74 Å². The van der Waals surface area contributed by atoms with Gasteiger partial charge in [0.2, 0.25) is 5.69 Å². The molecule has 0 atom stereocenters. The Morgan fingerprint density at radius 1 is 1.13 bits per heavy atom. The summed E-state index contributed by atoms with van der Waals surface area (Å²) in [6.07, 6.45) is -3.14. The van der Waals surface area contributed by atoms with Crippen molar-refractivity contribution in [3.8, 4) is 23.6 Å². The number of nitriles is 2. The molecular formula is C15H9F3N4O. The molecule has 0 unspecified atom stereocenters. The quantitative estimate of drug-likeness (QED) is 0.931. The monoisotopic (exact) mass is 318 g/mol. The number of nitrogens with one attached hydrogen (secondary N) is 1. The molecule has 0 bridgehead atoms. The van der Waals surface area contributed by atoms with Crippen molar-refractivity contribution < 1.29 is 17.9 Å². The fourth-order valence-electron chi connectivity index (χ4n) is 2.19. The Hall–Kier alpha value is -3.00. The minimum atomic E-state index is -4.66. The first-order valence-corrected chi connectivity index (χ1v) is 6.71. The third-order valence-electron chi connectivity index (χ3n) is 3.39. The molecule has 1 aliphatic rings. The lowest BCUT2D eigenvalue weighted by atomic mass is 10.1. The van der Waals surface area contributed by atoms with Crippen LogP contribution in [0.25, 0.3) is 0 Å². The van der Waals surface area contributed by atoms with Gasteiger partial charge in [-0.15, -0.1) is 0 Å². The number of ether oxygens (including phenoxy) is 1. The van der Waals surface area contributed by atoms with E-state index in [1.807, 2.05) is 12.1 Å². The summed E-state index contributed by atoms with van der Waals surface area (Å²) in [6.45, 7) is 0. The van der Waals surface area contributed by atoms with E-state index >= 15 is 0 Å². The van der Waals surface area contributed by atoms with Crippen molar-refractivity contribution in [3.63, 3.8) is 0 Å². The van der Waals surface area contributed by atoms with Gasteiger partial charge < -0.3 is 4.74 Å². The number of nitrogens with zero attached hydrogens (tertiary/aromatic N) is 3. The number of hydrogen-bond acceptors (Lipinski definition) is 4. The second kappa shape index (κ2) is 5.33. The van der Waals surface area contributed by atoms with E-state index in [1.165, 1.54) is 18.2 Å². The number of hydrogen-bond donors (Lipinski definition) is 1. The summed E-state index contributed by atoms with van der Waals surface area (Å²) in [6, 6.07) is 7.57. The number of benzene rings is 1. The Labute approximate surface area is 128 Å². The molecule has 1 aliphatic carbocycles. The van der Waals surface area contributed by atoms with Crippen molar-refractivity contribution in [2.75, 3.05) is 0 Å². The van der Waals surface area contributed by atoms with Crippen LogP contribution in [0.4, 0.5) is 13.2 Å². The number of halogens is 3. The first-order valence-electron chi connectivity index (χ1n) is 6.71. The Balaban J connectivity index is 2.05. The molecule has 5 nitrogen and oxygen atoms in total. The zero-order chi connectivity index (χ0) is 16.6. The van der Waals surface area contributed by atoms with Crippen molar-refractivity contribution in [2.24, 2.45) is 0 Å². The van der Waals surface area contributed by atoms with E-state index in [2.05, 4.69) is 10.2 Å². The molecule has 1 fully saturated rings. The van der Waals surface area contributed by atoms with Gasteiger partial charge in [0.05, 0.1) is 29.0 Å². The van der Waals surface area contributed by atoms with Gasteiger partial charge in [0, 0.05) is 5.92 Å². The molecule has 0 spiro atoms. The zero-order valence-electron chi connectivity index (χ0n) is 11.6. The van der Waals surface area contributed by atoms with Gasteiger partial charge in [0.1, 0.15) is 5.75 Å². The molecule has 2 aromatic rings. The lowest BCUT2D eigenvalue weighted by Crippen LogP contribution is -2.07. The molecule has 0 saturated heterocycles. The summed E-state index contributed by atoms with van der Waals surface area (Å²) >= 11 is 0. The van der Waals surface area contributed by atoms with Crippen LogP contribution in [0.1, 0.15) is 41.3 Å². The summed E-state index contributed by atoms with van der Waals surface area (Å²) < 4.78 is 44.6. The summed E-state index contributed by atoms with van der Waals surface area (Å²) in [5, 5.41) is 23.6. The molecule has 3 rings (SSSR count). The molecule has 0 radical (unpaired) electrons. The molecule has 1 saturated carbocycles. The van der Waals surface area contributed by atoms with E-state index in [9.17, 15) is 13.2 Å². The average Bonchev–Trinajstić information content (AvgIpc) is 3.26. The van der Waals surface area contributed by atoms with E-state index in [1.54, 1.807) is 0 Å². The summed E-state index contributed by atoms with van der Waals surface area (Å²) in [5.41, 5.74) is -0.591. The molecule has 8 heteroatoms. The van der Waals surface area contributed by atoms with Crippen LogP contribution >= 0.6 is 0 Å². The standard InChI is InChI=1S/C15H9F3N4O/c16-15(17,18)14-13(12(21-22-14)10-1-2-10)23-11-4-8(6-19)3-9(5-11)7-20/h3-5,10H,1-2H2,(H,21,22). The molecule has 1 heterocycles. The van der Waals surface area contributed by atoms with Crippen LogP contribution in [-0.4, -0.2) is 10.2 Å². The lowest BCUT2D eigenvalue weighted by Gasteiger charge is -2.10. The largest absolute Gasteiger partial charge is 0.453 e. The van der Waals surface area contributed by atoms with Gasteiger partial charge >= 0.3 is 6.18 Å². The fourth-order valence-corrected chi connectivity index (χ4v) is 2.19. The average molecular weight is 318 g/mol. The Bertz CT molecular complexity index is 806. The second-order valence-electron chi connectivity index (χ2n) is 5.16. The molecule has 1 N–H and O–H groups in total. The van der Waals surface area contributed by atoms with Gasteiger partial charge in [0.25, 0.3) is 0 Å². The van der Waals surface area contributed by atoms with Gasteiger partial charge in [0.15, 0.2) is 5.75 Å². The van der Waals surface area contributed by atoms with Crippen molar-refractivity contribution >= 4 is 0 Å². The van der Waals surface area contributed by atoms with Gasteiger partial charge in [-0.1, -0.05) is 0 Å². The molecule has 116 valence electrons. The zero-order valence-corrected chi connectivity index (χ0v) is 11.6. The number of aromatic nitrogens is 2. The van der Waals surface area contributed by atoms with E-state index < -0.39 is 11.9 Å². The van der Waals surface area contributed by atoms with E-state index in [0.717, 1.165) is 12.8 Å². The van der Waals surface area contributed by atoms with Crippen LogP contribution in [-0.2, 0) is 6.18 Å². The minimum Gasteiger partial charge on any atom is -0.453 e. The Kier molecular flexibility index (Phi) is 3.45. The summed E-state index contributed by atoms with van der Waals surface area (Å²) in [4.78, 5) is 0. The molecule has 1 aromatic carbocycles. The first-order chi connectivity index (χ1) is 10.9. The van der Waals surface area contributed by atoms with Crippen molar-refractivity contribution in [1.29, 1.82) is 10.5 Å². The number of alkyl halides is 3. The highest BCUT2D eigenvalue weighted by molar-refractivity contribution is 5.48. The van der Waals surface area contributed by atoms with Crippen LogP contribution in [0.3, 0.4) is 0 Å². The van der Waals surface area contributed by atoms with Gasteiger partial charge in [-0.3, -0.25) is 5.10 Å². The summed E-state index contributed by atoms with van der Waals surface area (Å²) in [7, 11) is 0.